The minimum atomic E-state index is -0.673. The van der Waals surface area contributed by atoms with E-state index in [0.717, 1.165) is 0 Å². The summed E-state index contributed by atoms with van der Waals surface area (Å²) in [5.74, 6) is -0.452. The molecule has 1 aliphatic rings. The first kappa shape index (κ1) is 10.3. The third kappa shape index (κ3) is 2.86. The van der Waals surface area contributed by atoms with E-state index in [1.807, 2.05) is 0 Å². The number of methoxy groups -OCH3 is 1. The molecular weight excluding hydrogens is 196 g/mol. The number of esters is 1. The quantitative estimate of drug-likeness (QED) is 0.671. The second kappa shape index (κ2) is 4.43. The first-order valence-electron chi connectivity index (χ1n) is 3.85. The molecule has 0 bridgehead atoms. The van der Waals surface area contributed by atoms with E-state index in [1.165, 1.54) is 7.11 Å². The minimum Gasteiger partial charge on any atom is -0.468 e. The summed E-state index contributed by atoms with van der Waals surface area (Å²) < 4.78 is 4.46. The van der Waals surface area contributed by atoms with Crippen LogP contribution in [0.1, 0.15) is 12.8 Å². The third-order valence-electron chi connectivity index (χ3n) is 1.72. The van der Waals surface area contributed by atoms with Crippen LogP contribution in [-0.2, 0) is 14.4 Å². The van der Waals surface area contributed by atoms with Crippen LogP contribution >= 0.6 is 11.6 Å². The first-order chi connectivity index (χ1) is 6.13. The van der Waals surface area contributed by atoms with Crippen LogP contribution in [0.2, 0.25) is 0 Å². The van der Waals surface area contributed by atoms with Gasteiger partial charge in [-0.3, -0.25) is 4.79 Å². The molecule has 0 aromatic heterocycles. The molecule has 0 aromatic carbocycles. The zero-order chi connectivity index (χ0) is 9.84. The van der Waals surface area contributed by atoms with E-state index in [9.17, 15) is 4.79 Å². The van der Waals surface area contributed by atoms with Crippen molar-refractivity contribution >= 4 is 22.7 Å². The van der Waals surface area contributed by atoms with E-state index in [1.54, 1.807) is 0 Å². The van der Waals surface area contributed by atoms with Crippen molar-refractivity contribution in [2.75, 3.05) is 7.11 Å². The highest BCUT2D eigenvalue weighted by atomic mass is 35.5. The topological polar surface area (TPSA) is 73.9 Å². The number of ether oxygens (including phenoxy) is 1. The maximum Gasteiger partial charge on any atom is 0.322 e. The molecule has 0 saturated heterocycles. The van der Waals surface area contributed by atoms with Gasteiger partial charge in [0.1, 0.15) is 17.3 Å². The van der Waals surface area contributed by atoms with Gasteiger partial charge in [0.2, 0.25) is 0 Å². The highest BCUT2D eigenvalue weighted by Crippen LogP contribution is 2.17. The number of nitrogens with zero attached hydrogens (tertiary/aromatic N) is 1. The van der Waals surface area contributed by atoms with Crippen LogP contribution in [0.4, 0.5) is 0 Å². The molecule has 6 heteroatoms. The Balaban J connectivity index is 2.30. The van der Waals surface area contributed by atoms with Gasteiger partial charge in [0.15, 0.2) is 0 Å². The second-order valence-electron chi connectivity index (χ2n) is 2.76. The smallest absolute Gasteiger partial charge is 0.322 e. The molecule has 1 aliphatic heterocycles. The summed E-state index contributed by atoms with van der Waals surface area (Å²) in [6.45, 7) is 0. The first-order valence-corrected chi connectivity index (χ1v) is 4.23. The summed E-state index contributed by atoms with van der Waals surface area (Å²) in [6, 6.07) is -0.673. The van der Waals surface area contributed by atoms with Crippen molar-refractivity contribution in [1.29, 1.82) is 0 Å². The Kier molecular flexibility index (Phi) is 3.50. The molecule has 0 saturated carbocycles. The molecule has 5 nitrogen and oxygen atoms in total. The SMILES string of the molecule is COC(=O)[C@@H](N)CC1CC(Cl)=NO1. The normalized spacial score (nSPS) is 23.3. The van der Waals surface area contributed by atoms with Crippen LogP contribution in [0.3, 0.4) is 0 Å². The number of carbonyl (C=O) groups is 1. The number of nitrogens with two attached hydrogens (primary N) is 1. The maximum atomic E-state index is 10.9. The highest BCUT2D eigenvalue weighted by molar-refractivity contribution is 6.65. The molecule has 0 fully saturated rings. The van der Waals surface area contributed by atoms with Crippen molar-refractivity contribution in [1.82, 2.24) is 0 Å². The molecular formula is C7H11ClN2O3. The van der Waals surface area contributed by atoms with E-state index < -0.39 is 12.0 Å². The fraction of sp³-hybridized carbons (Fsp3) is 0.714. The lowest BCUT2D eigenvalue weighted by molar-refractivity contribution is -0.143. The number of hydrogen-bond acceptors (Lipinski definition) is 5. The molecule has 13 heavy (non-hydrogen) atoms. The van der Waals surface area contributed by atoms with Gasteiger partial charge in [-0.05, 0) is 0 Å². The summed E-state index contributed by atoms with van der Waals surface area (Å²) in [5.41, 5.74) is 5.50. The van der Waals surface area contributed by atoms with Crippen molar-refractivity contribution in [3.05, 3.63) is 0 Å². The van der Waals surface area contributed by atoms with Crippen molar-refractivity contribution in [3.63, 3.8) is 0 Å². The highest BCUT2D eigenvalue weighted by Gasteiger charge is 2.25. The van der Waals surface area contributed by atoms with Crippen molar-refractivity contribution in [2.45, 2.75) is 25.0 Å². The van der Waals surface area contributed by atoms with Gasteiger partial charge >= 0.3 is 5.97 Å². The lowest BCUT2D eigenvalue weighted by atomic mass is 10.1. The van der Waals surface area contributed by atoms with Crippen LogP contribution in [0, 0.1) is 0 Å². The van der Waals surface area contributed by atoms with Crippen LogP contribution in [0.15, 0.2) is 5.16 Å². The second-order valence-corrected chi connectivity index (χ2v) is 3.20. The van der Waals surface area contributed by atoms with E-state index in [0.29, 0.717) is 18.0 Å². The maximum absolute atomic E-state index is 10.9. The van der Waals surface area contributed by atoms with Crippen molar-refractivity contribution < 1.29 is 14.4 Å². The summed E-state index contributed by atoms with van der Waals surface area (Å²) in [4.78, 5) is 15.8. The predicted molar refractivity (Wildman–Crippen MR) is 47.4 cm³/mol. The van der Waals surface area contributed by atoms with Crippen LogP contribution in [-0.4, -0.2) is 30.4 Å². The summed E-state index contributed by atoms with van der Waals surface area (Å²) in [6.07, 6.45) is 0.667. The molecule has 2 atom stereocenters. The molecule has 1 heterocycles. The predicted octanol–water partition coefficient (Wildman–Crippen LogP) is 0.218. The Morgan fingerprint density at radius 2 is 2.69 bits per heavy atom. The Morgan fingerprint density at radius 3 is 3.15 bits per heavy atom. The molecule has 0 aromatic rings. The van der Waals surface area contributed by atoms with Gasteiger partial charge in [-0.25, -0.2) is 0 Å². The number of carbonyl (C=O) groups excluding carboxylic acids is 1. The lowest BCUT2D eigenvalue weighted by Crippen LogP contribution is -2.35. The Labute approximate surface area is 80.8 Å². The third-order valence-corrected chi connectivity index (χ3v) is 1.94. The molecule has 0 radical (unpaired) electrons. The molecule has 0 amide bonds. The van der Waals surface area contributed by atoms with Crippen molar-refractivity contribution in [2.24, 2.45) is 10.9 Å². The Hall–Kier alpha value is -0.810. The molecule has 0 spiro atoms. The van der Waals surface area contributed by atoms with Gasteiger partial charge in [0.05, 0.1) is 7.11 Å². The van der Waals surface area contributed by atoms with E-state index in [2.05, 4.69) is 9.89 Å². The van der Waals surface area contributed by atoms with Crippen molar-refractivity contribution in [3.8, 4) is 0 Å². The van der Waals surface area contributed by atoms with Gasteiger partial charge < -0.3 is 15.3 Å². The molecule has 0 aliphatic carbocycles. The number of halogens is 1. The summed E-state index contributed by atoms with van der Waals surface area (Å²) in [7, 11) is 1.29. The lowest BCUT2D eigenvalue weighted by Gasteiger charge is -2.12. The average molecular weight is 207 g/mol. The van der Waals surface area contributed by atoms with Gasteiger partial charge in [-0.2, -0.15) is 0 Å². The van der Waals surface area contributed by atoms with Crippen LogP contribution < -0.4 is 5.73 Å². The van der Waals surface area contributed by atoms with E-state index in [-0.39, 0.29) is 6.10 Å². The minimum absolute atomic E-state index is 0.207. The van der Waals surface area contributed by atoms with E-state index in [4.69, 9.17) is 22.2 Å². The monoisotopic (exact) mass is 206 g/mol. The Morgan fingerprint density at radius 1 is 2.00 bits per heavy atom. The summed E-state index contributed by atoms with van der Waals surface area (Å²) >= 11 is 5.57. The average Bonchev–Trinajstić information content (AvgIpc) is 2.49. The molecule has 1 rings (SSSR count). The largest absolute Gasteiger partial charge is 0.468 e. The van der Waals surface area contributed by atoms with Crippen LogP contribution in [0.25, 0.3) is 0 Å². The zero-order valence-electron chi connectivity index (χ0n) is 7.20. The summed E-state index contributed by atoms with van der Waals surface area (Å²) in [5, 5.41) is 3.93. The Bertz CT molecular complexity index is 232. The number of hydrogen-bond donors (Lipinski definition) is 1. The molecule has 74 valence electrons. The molecule has 2 N–H and O–H groups in total. The number of rotatable bonds is 3. The standard InChI is InChI=1S/C7H11ClN2O3/c1-12-7(11)5(9)2-4-3-6(8)10-13-4/h4-5H,2-3,9H2,1H3/t4?,5-/m0/s1. The van der Waals surface area contributed by atoms with Gasteiger partial charge in [0.25, 0.3) is 0 Å². The van der Waals surface area contributed by atoms with Gasteiger partial charge in [-0.1, -0.05) is 16.8 Å². The number of oxime groups is 1. The zero-order valence-corrected chi connectivity index (χ0v) is 7.95. The fourth-order valence-corrected chi connectivity index (χ4v) is 1.26. The van der Waals surface area contributed by atoms with Gasteiger partial charge in [0, 0.05) is 12.8 Å². The fourth-order valence-electron chi connectivity index (χ4n) is 1.05. The van der Waals surface area contributed by atoms with E-state index >= 15 is 0 Å². The van der Waals surface area contributed by atoms with Crippen LogP contribution in [0.5, 0.6) is 0 Å². The van der Waals surface area contributed by atoms with Gasteiger partial charge in [-0.15, -0.1) is 0 Å². The molecule has 1 unspecified atom stereocenters.